The summed E-state index contributed by atoms with van der Waals surface area (Å²) in [6, 6.07) is 5.94. The van der Waals surface area contributed by atoms with E-state index in [4.69, 9.17) is 5.11 Å². The molecule has 0 saturated carbocycles. The van der Waals surface area contributed by atoms with E-state index in [2.05, 4.69) is 31.7 Å². The molecule has 22 heavy (non-hydrogen) atoms. The summed E-state index contributed by atoms with van der Waals surface area (Å²) < 4.78 is 0. The van der Waals surface area contributed by atoms with Gasteiger partial charge in [-0.2, -0.15) is 0 Å². The monoisotopic (exact) mass is 306 g/mol. The lowest BCUT2D eigenvalue weighted by Gasteiger charge is -2.34. The number of hydrogen-bond donors (Lipinski definition) is 2. The Kier molecular flexibility index (Phi) is 5.08. The Labute approximate surface area is 132 Å². The average Bonchev–Trinajstić information content (AvgIpc) is 2.41. The topological polar surface area (TPSA) is 64.0 Å². The Balaban J connectivity index is 1.94. The minimum Gasteiger partial charge on any atom is -0.508 e. The first-order valence-corrected chi connectivity index (χ1v) is 7.74. The number of aliphatic carboxylic acids is 1. The Morgan fingerprint density at radius 3 is 2.23 bits per heavy atom. The third-order valence-electron chi connectivity index (χ3n) is 4.17. The van der Waals surface area contributed by atoms with E-state index < -0.39 is 5.97 Å². The summed E-state index contributed by atoms with van der Waals surface area (Å²) in [5, 5.41) is 19.0. The fourth-order valence-electron chi connectivity index (χ4n) is 2.70. The molecule has 1 aromatic rings. The number of carboxylic acids is 1. The lowest BCUT2D eigenvalue weighted by atomic mass is 9.86. The minimum absolute atomic E-state index is 0.0263. The summed E-state index contributed by atoms with van der Waals surface area (Å²) in [6.45, 7) is 10.4. The molecule has 0 aromatic heterocycles. The van der Waals surface area contributed by atoms with Crippen LogP contribution in [-0.2, 0) is 16.8 Å². The molecule has 0 amide bonds. The zero-order valence-electron chi connectivity index (χ0n) is 13.7. The first-order chi connectivity index (χ1) is 10.3. The Bertz CT molecular complexity index is 529. The SMILES string of the molecule is CC(C)(C)c1ccc(CN2CCN(CC(=O)O)CC2)c(O)c1. The second-order valence-electron chi connectivity index (χ2n) is 7.04. The second kappa shape index (κ2) is 6.67. The minimum atomic E-state index is -0.774. The molecule has 0 bridgehead atoms. The van der Waals surface area contributed by atoms with Gasteiger partial charge >= 0.3 is 5.97 Å². The summed E-state index contributed by atoms with van der Waals surface area (Å²) >= 11 is 0. The van der Waals surface area contributed by atoms with Gasteiger partial charge in [-0.1, -0.05) is 32.9 Å². The number of carbonyl (C=O) groups is 1. The van der Waals surface area contributed by atoms with Crippen LogP contribution in [0, 0.1) is 0 Å². The molecule has 5 heteroatoms. The van der Waals surface area contributed by atoms with Crippen LogP contribution in [-0.4, -0.2) is 58.7 Å². The van der Waals surface area contributed by atoms with Crippen LogP contribution in [0.25, 0.3) is 0 Å². The van der Waals surface area contributed by atoms with Gasteiger partial charge in [0.05, 0.1) is 6.54 Å². The smallest absolute Gasteiger partial charge is 0.317 e. The Morgan fingerprint density at radius 2 is 1.73 bits per heavy atom. The van der Waals surface area contributed by atoms with Crippen molar-refractivity contribution < 1.29 is 15.0 Å². The lowest BCUT2D eigenvalue weighted by molar-refractivity contribution is -0.138. The van der Waals surface area contributed by atoms with Crippen LogP contribution in [0.1, 0.15) is 31.9 Å². The van der Waals surface area contributed by atoms with Crippen molar-refractivity contribution in [3.05, 3.63) is 29.3 Å². The predicted octanol–water partition coefficient (Wildman–Crippen LogP) is 1.89. The molecule has 2 rings (SSSR count). The Hall–Kier alpha value is -1.59. The lowest BCUT2D eigenvalue weighted by Crippen LogP contribution is -2.47. The van der Waals surface area contributed by atoms with Gasteiger partial charge in [-0.25, -0.2) is 0 Å². The van der Waals surface area contributed by atoms with E-state index in [1.165, 1.54) is 0 Å². The number of aromatic hydroxyl groups is 1. The number of hydrogen-bond acceptors (Lipinski definition) is 4. The van der Waals surface area contributed by atoms with Gasteiger partial charge in [-0.05, 0) is 17.0 Å². The highest BCUT2D eigenvalue weighted by molar-refractivity contribution is 5.69. The van der Waals surface area contributed by atoms with Crippen LogP contribution in [0.3, 0.4) is 0 Å². The molecule has 0 radical (unpaired) electrons. The van der Waals surface area contributed by atoms with Gasteiger partial charge in [0.15, 0.2) is 0 Å². The number of rotatable bonds is 4. The molecule has 122 valence electrons. The third-order valence-corrected chi connectivity index (χ3v) is 4.17. The molecule has 0 aliphatic carbocycles. The summed E-state index contributed by atoms with van der Waals surface area (Å²) in [7, 11) is 0. The molecule has 1 aliphatic rings. The van der Waals surface area contributed by atoms with Crippen LogP contribution in [0.2, 0.25) is 0 Å². The summed E-state index contributed by atoms with van der Waals surface area (Å²) in [4.78, 5) is 14.9. The van der Waals surface area contributed by atoms with Crippen molar-refractivity contribution in [3.8, 4) is 5.75 Å². The van der Waals surface area contributed by atoms with E-state index >= 15 is 0 Å². The molecular weight excluding hydrogens is 280 g/mol. The summed E-state index contributed by atoms with van der Waals surface area (Å²) in [5.74, 6) is -0.427. The van der Waals surface area contributed by atoms with Gasteiger partial charge in [0, 0.05) is 38.3 Å². The van der Waals surface area contributed by atoms with Gasteiger partial charge in [0.1, 0.15) is 5.75 Å². The van der Waals surface area contributed by atoms with Crippen molar-refractivity contribution in [1.82, 2.24) is 9.80 Å². The molecule has 1 aliphatic heterocycles. The number of phenolic OH excluding ortho intramolecular Hbond substituents is 1. The first kappa shape index (κ1) is 16.8. The standard InChI is InChI=1S/C17H26N2O3/c1-17(2,3)14-5-4-13(15(20)10-14)11-18-6-8-19(9-7-18)12-16(21)22/h4-5,10,20H,6-9,11-12H2,1-3H3,(H,21,22). The van der Waals surface area contributed by atoms with Gasteiger partial charge in [0.25, 0.3) is 0 Å². The molecule has 5 nitrogen and oxygen atoms in total. The largest absolute Gasteiger partial charge is 0.508 e. The summed E-state index contributed by atoms with van der Waals surface area (Å²) in [6.07, 6.45) is 0. The molecule has 2 N–H and O–H groups in total. The number of nitrogens with zero attached hydrogens (tertiary/aromatic N) is 2. The molecule has 0 spiro atoms. The van der Waals surface area contributed by atoms with Crippen LogP contribution >= 0.6 is 0 Å². The van der Waals surface area contributed by atoms with Crippen molar-refractivity contribution >= 4 is 5.97 Å². The molecule has 0 atom stereocenters. The maximum Gasteiger partial charge on any atom is 0.317 e. The van der Waals surface area contributed by atoms with Crippen molar-refractivity contribution in [2.45, 2.75) is 32.7 Å². The van der Waals surface area contributed by atoms with E-state index in [0.29, 0.717) is 12.3 Å². The highest BCUT2D eigenvalue weighted by atomic mass is 16.4. The van der Waals surface area contributed by atoms with Crippen LogP contribution < -0.4 is 0 Å². The van der Waals surface area contributed by atoms with Gasteiger partial charge in [-0.15, -0.1) is 0 Å². The molecule has 0 unspecified atom stereocenters. The number of carboxylic acid groups (broad SMARTS) is 1. The zero-order valence-corrected chi connectivity index (χ0v) is 13.7. The van der Waals surface area contributed by atoms with Crippen molar-refractivity contribution in [3.63, 3.8) is 0 Å². The second-order valence-corrected chi connectivity index (χ2v) is 7.04. The highest BCUT2D eigenvalue weighted by Crippen LogP contribution is 2.28. The fourth-order valence-corrected chi connectivity index (χ4v) is 2.70. The third kappa shape index (κ3) is 4.45. The summed E-state index contributed by atoms with van der Waals surface area (Å²) in [5.41, 5.74) is 2.08. The maximum atomic E-state index is 10.7. The van der Waals surface area contributed by atoms with Gasteiger partial charge < -0.3 is 10.2 Å². The van der Waals surface area contributed by atoms with Crippen molar-refractivity contribution in [2.24, 2.45) is 0 Å². The van der Waals surface area contributed by atoms with E-state index in [9.17, 15) is 9.90 Å². The molecule has 1 fully saturated rings. The Morgan fingerprint density at radius 1 is 1.14 bits per heavy atom. The van der Waals surface area contributed by atoms with E-state index in [0.717, 1.165) is 37.3 Å². The highest BCUT2D eigenvalue weighted by Gasteiger charge is 2.20. The number of phenols is 1. The number of piperazine rings is 1. The van der Waals surface area contributed by atoms with Crippen LogP contribution in [0.5, 0.6) is 5.75 Å². The van der Waals surface area contributed by atoms with E-state index in [-0.39, 0.29) is 12.0 Å². The van der Waals surface area contributed by atoms with Crippen LogP contribution in [0.4, 0.5) is 0 Å². The van der Waals surface area contributed by atoms with Gasteiger partial charge in [-0.3, -0.25) is 14.6 Å². The van der Waals surface area contributed by atoms with Gasteiger partial charge in [0.2, 0.25) is 0 Å². The van der Waals surface area contributed by atoms with Crippen molar-refractivity contribution in [1.29, 1.82) is 0 Å². The molecule has 1 heterocycles. The van der Waals surface area contributed by atoms with Crippen LogP contribution in [0.15, 0.2) is 18.2 Å². The molecular formula is C17H26N2O3. The predicted molar refractivity (Wildman–Crippen MR) is 86.2 cm³/mol. The molecule has 1 saturated heterocycles. The normalized spacial score (nSPS) is 17.6. The maximum absolute atomic E-state index is 10.7. The fraction of sp³-hybridized carbons (Fsp3) is 0.588. The van der Waals surface area contributed by atoms with Crippen molar-refractivity contribution in [2.75, 3.05) is 32.7 Å². The molecule has 1 aromatic carbocycles. The quantitative estimate of drug-likeness (QED) is 0.889. The zero-order chi connectivity index (χ0) is 16.3. The average molecular weight is 306 g/mol. The first-order valence-electron chi connectivity index (χ1n) is 7.74. The van der Waals surface area contributed by atoms with E-state index in [1.54, 1.807) is 0 Å². The number of benzene rings is 1. The van der Waals surface area contributed by atoms with E-state index in [1.807, 2.05) is 17.0 Å².